The number of carbonyl (C=O) groups is 1. The van der Waals surface area contributed by atoms with E-state index in [2.05, 4.69) is 29.8 Å². The van der Waals surface area contributed by atoms with Gasteiger partial charge in [0.25, 0.3) is 0 Å². The molecule has 2 unspecified atom stereocenters. The van der Waals surface area contributed by atoms with Crippen LogP contribution in [0.1, 0.15) is 52.1 Å². The molecule has 128 valence electrons. The van der Waals surface area contributed by atoms with Crippen molar-refractivity contribution >= 4 is 11.7 Å². The minimum absolute atomic E-state index is 0.0741. The molecule has 0 aromatic heterocycles. The van der Waals surface area contributed by atoms with Gasteiger partial charge in [0, 0.05) is 29.2 Å². The molecule has 5 nitrogen and oxygen atoms in total. The molecule has 0 radical (unpaired) electrons. The second-order valence-electron chi connectivity index (χ2n) is 7.01. The molecule has 0 spiro atoms. The first-order valence-electron chi connectivity index (χ1n) is 8.41. The number of anilines is 1. The Morgan fingerprint density at radius 3 is 2.26 bits per heavy atom. The zero-order valence-electron chi connectivity index (χ0n) is 14.5. The van der Waals surface area contributed by atoms with Crippen molar-refractivity contribution in [2.24, 2.45) is 5.41 Å². The Morgan fingerprint density at radius 1 is 1.17 bits per heavy atom. The Balaban J connectivity index is 1.89. The van der Waals surface area contributed by atoms with Gasteiger partial charge < -0.3 is 21.1 Å². The van der Waals surface area contributed by atoms with E-state index in [0.29, 0.717) is 0 Å². The number of hydrogen-bond acceptors (Lipinski definition) is 3. The second-order valence-corrected chi connectivity index (χ2v) is 7.01. The lowest BCUT2D eigenvalue weighted by atomic mass is 9.97. The fourth-order valence-corrected chi connectivity index (χ4v) is 2.82. The molecule has 0 saturated heterocycles. The summed E-state index contributed by atoms with van der Waals surface area (Å²) in [6, 6.07) is 8.28. The van der Waals surface area contributed by atoms with Crippen LogP contribution in [0.15, 0.2) is 24.3 Å². The van der Waals surface area contributed by atoms with E-state index in [4.69, 9.17) is 0 Å². The minimum atomic E-state index is -0.189. The summed E-state index contributed by atoms with van der Waals surface area (Å²) in [6.07, 6.45) is 2.19. The second kappa shape index (κ2) is 7.32. The van der Waals surface area contributed by atoms with E-state index in [0.717, 1.165) is 18.5 Å². The number of aliphatic hydroxyl groups is 1. The number of hydrogen-bond donors (Lipinski definition) is 4. The van der Waals surface area contributed by atoms with E-state index >= 15 is 0 Å². The van der Waals surface area contributed by atoms with Gasteiger partial charge in [0.1, 0.15) is 0 Å². The third-order valence-corrected chi connectivity index (χ3v) is 4.71. The first kappa shape index (κ1) is 17.8. The Kier molecular flexibility index (Phi) is 5.65. The maximum atomic E-state index is 11.7. The fourth-order valence-electron chi connectivity index (χ4n) is 2.82. The lowest BCUT2D eigenvalue weighted by Crippen LogP contribution is -2.38. The smallest absolute Gasteiger partial charge is 0.319 e. The van der Waals surface area contributed by atoms with Gasteiger partial charge in [0.2, 0.25) is 0 Å². The molecule has 0 heterocycles. The van der Waals surface area contributed by atoms with E-state index in [1.807, 2.05) is 38.1 Å². The molecule has 1 saturated carbocycles. The van der Waals surface area contributed by atoms with E-state index in [1.165, 1.54) is 5.56 Å². The van der Waals surface area contributed by atoms with Crippen LogP contribution in [0, 0.1) is 5.41 Å². The highest BCUT2D eigenvalue weighted by atomic mass is 16.3. The molecular weight excluding hydrogens is 290 g/mol. The van der Waals surface area contributed by atoms with Crippen molar-refractivity contribution in [3.05, 3.63) is 29.8 Å². The van der Waals surface area contributed by atoms with Crippen LogP contribution in [0.5, 0.6) is 0 Å². The van der Waals surface area contributed by atoms with Crippen LogP contribution in [0.3, 0.4) is 0 Å². The number of amides is 2. The first-order chi connectivity index (χ1) is 10.9. The van der Waals surface area contributed by atoms with E-state index < -0.39 is 0 Å². The van der Waals surface area contributed by atoms with Crippen molar-refractivity contribution in [3.8, 4) is 0 Å². The molecule has 0 aliphatic heterocycles. The van der Waals surface area contributed by atoms with Crippen LogP contribution in [0.25, 0.3) is 0 Å². The largest absolute Gasteiger partial charge is 0.396 e. The highest BCUT2D eigenvalue weighted by molar-refractivity contribution is 5.89. The Hall–Kier alpha value is -1.59. The van der Waals surface area contributed by atoms with E-state index in [-0.39, 0.29) is 36.2 Å². The van der Waals surface area contributed by atoms with Gasteiger partial charge in [-0.3, -0.25) is 0 Å². The molecule has 1 fully saturated rings. The average Bonchev–Trinajstić information content (AvgIpc) is 3.28. The number of urea groups is 1. The molecular formula is C18H29N3O2. The zero-order chi connectivity index (χ0) is 17.0. The van der Waals surface area contributed by atoms with Gasteiger partial charge >= 0.3 is 6.03 Å². The monoisotopic (exact) mass is 319 g/mol. The molecule has 1 aliphatic carbocycles. The summed E-state index contributed by atoms with van der Waals surface area (Å²) >= 11 is 0. The van der Waals surface area contributed by atoms with Crippen LogP contribution in [0.4, 0.5) is 10.5 Å². The summed E-state index contributed by atoms with van der Waals surface area (Å²) in [5.41, 5.74) is 2.02. The molecule has 1 aliphatic rings. The van der Waals surface area contributed by atoms with Crippen molar-refractivity contribution in [3.63, 3.8) is 0 Å². The van der Waals surface area contributed by atoms with Crippen molar-refractivity contribution < 1.29 is 9.90 Å². The van der Waals surface area contributed by atoms with Crippen LogP contribution in [-0.4, -0.2) is 29.8 Å². The lowest BCUT2D eigenvalue weighted by molar-refractivity contribution is 0.172. The molecule has 0 bridgehead atoms. The van der Waals surface area contributed by atoms with Gasteiger partial charge in [-0.1, -0.05) is 12.1 Å². The maximum Gasteiger partial charge on any atom is 0.319 e. The normalized spacial score (nSPS) is 18.3. The highest BCUT2D eigenvalue weighted by Gasteiger charge is 2.46. The summed E-state index contributed by atoms with van der Waals surface area (Å²) in [6.45, 7) is 8.37. The van der Waals surface area contributed by atoms with Crippen molar-refractivity contribution in [2.45, 2.75) is 58.7 Å². The predicted octanol–water partition coefficient (Wildman–Crippen LogP) is 3.03. The standard InChI is InChI=1S/C18H29N3O2/c1-12(2)19-17(23)21-16-7-5-15(6-8-16)13(3)20-14(4)18(11-22)9-10-18/h5-8,12-14,20,22H,9-11H2,1-4H3,(H2,19,21,23). The lowest BCUT2D eigenvalue weighted by Gasteiger charge is -2.26. The SMILES string of the molecule is CC(C)NC(=O)Nc1ccc(C(C)NC(C)C2(CO)CC2)cc1. The Bertz CT molecular complexity index is 524. The number of nitrogens with one attached hydrogen (secondary N) is 3. The summed E-state index contributed by atoms with van der Waals surface area (Å²) in [4.78, 5) is 11.7. The summed E-state index contributed by atoms with van der Waals surface area (Å²) < 4.78 is 0. The quantitative estimate of drug-likeness (QED) is 0.624. The minimum Gasteiger partial charge on any atom is -0.396 e. The molecule has 2 atom stereocenters. The highest BCUT2D eigenvalue weighted by Crippen LogP contribution is 2.48. The van der Waals surface area contributed by atoms with Gasteiger partial charge in [-0.05, 0) is 58.2 Å². The molecule has 1 aromatic rings. The zero-order valence-corrected chi connectivity index (χ0v) is 14.5. The predicted molar refractivity (Wildman–Crippen MR) is 93.5 cm³/mol. The summed E-state index contributed by atoms with van der Waals surface area (Å²) in [5.74, 6) is 0. The van der Waals surface area contributed by atoms with Gasteiger partial charge in [-0.25, -0.2) is 4.79 Å². The number of aliphatic hydroxyl groups excluding tert-OH is 1. The van der Waals surface area contributed by atoms with Gasteiger partial charge in [-0.2, -0.15) is 0 Å². The number of rotatable bonds is 7. The van der Waals surface area contributed by atoms with Crippen LogP contribution in [-0.2, 0) is 0 Å². The Labute approximate surface area is 138 Å². The average molecular weight is 319 g/mol. The third-order valence-electron chi connectivity index (χ3n) is 4.71. The number of benzene rings is 1. The Morgan fingerprint density at radius 2 is 1.78 bits per heavy atom. The summed E-state index contributed by atoms with van der Waals surface area (Å²) in [7, 11) is 0. The van der Waals surface area contributed by atoms with Gasteiger partial charge in [0.05, 0.1) is 6.61 Å². The third kappa shape index (κ3) is 4.69. The van der Waals surface area contributed by atoms with Gasteiger partial charge in [0.15, 0.2) is 0 Å². The van der Waals surface area contributed by atoms with E-state index in [1.54, 1.807) is 0 Å². The maximum absolute atomic E-state index is 11.7. The van der Waals surface area contributed by atoms with Crippen molar-refractivity contribution in [1.29, 1.82) is 0 Å². The molecule has 5 heteroatoms. The van der Waals surface area contributed by atoms with Crippen LogP contribution in [0.2, 0.25) is 0 Å². The topological polar surface area (TPSA) is 73.4 Å². The van der Waals surface area contributed by atoms with Crippen molar-refractivity contribution in [2.75, 3.05) is 11.9 Å². The van der Waals surface area contributed by atoms with Crippen LogP contribution < -0.4 is 16.0 Å². The molecule has 1 aromatic carbocycles. The number of carbonyl (C=O) groups excluding carboxylic acids is 1. The first-order valence-corrected chi connectivity index (χ1v) is 8.41. The molecule has 23 heavy (non-hydrogen) atoms. The summed E-state index contributed by atoms with van der Waals surface area (Å²) in [5, 5.41) is 18.7. The molecule has 2 rings (SSSR count). The molecule has 2 amide bonds. The van der Waals surface area contributed by atoms with Crippen LogP contribution >= 0.6 is 0 Å². The van der Waals surface area contributed by atoms with Gasteiger partial charge in [-0.15, -0.1) is 0 Å². The van der Waals surface area contributed by atoms with Crippen molar-refractivity contribution in [1.82, 2.24) is 10.6 Å². The molecule has 4 N–H and O–H groups in total. The fraction of sp³-hybridized carbons (Fsp3) is 0.611. The van der Waals surface area contributed by atoms with E-state index in [9.17, 15) is 9.90 Å².